The molecule has 74 valence electrons. The maximum atomic E-state index is 11.2. The predicted molar refractivity (Wildman–Crippen MR) is 50.4 cm³/mol. The molecule has 1 heterocycles. The van der Waals surface area contributed by atoms with Gasteiger partial charge in [-0.3, -0.25) is 4.79 Å². The molecule has 0 bridgehead atoms. The van der Waals surface area contributed by atoms with Crippen molar-refractivity contribution in [3.8, 4) is 0 Å². The lowest BCUT2D eigenvalue weighted by Crippen LogP contribution is -2.10. The Morgan fingerprint density at radius 1 is 1.36 bits per heavy atom. The third kappa shape index (κ3) is 1.93. The molecule has 3 nitrogen and oxygen atoms in total. The average molecular weight is 192 g/mol. The van der Waals surface area contributed by atoms with Gasteiger partial charge in [-0.25, -0.2) is 0 Å². The summed E-state index contributed by atoms with van der Waals surface area (Å²) in [4.78, 5) is 11.2. The van der Waals surface area contributed by atoms with Crippen LogP contribution in [0.25, 0.3) is 0 Å². The molecule has 0 aliphatic carbocycles. The van der Waals surface area contributed by atoms with Crippen molar-refractivity contribution in [2.45, 2.75) is 19.1 Å². The third-order valence-electron chi connectivity index (χ3n) is 2.40. The minimum atomic E-state index is -0.906. The van der Waals surface area contributed by atoms with Crippen LogP contribution >= 0.6 is 0 Å². The van der Waals surface area contributed by atoms with Crippen LogP contribution in [0.4, 0.5) is 0 Å². The smallest absolute Gasteiger partial charge is 0.311 e. The van der Waals surface area contributed by atoms with Gasteiger partial charge in [0.15, 0.2) is 0 Å². The summed E-state index contributed by atoms with van der Waals surface area (Å²) in [7, 11) is 0. The standard InChI is InChI=1S/C11H12O3/c12-10-7-9(11(13)14-10)6-8-4-2-1-3-5-8/h1-5,9-10,12H,6-7H2. The van der Waals surface area contributed by atoms with Crippen LogP contribution in [0.2, 0.25) is 0 Å². The molecule has 1 aromatic rings. The summed E-state index contributed by atoms with van der Waals surface area (Å²) in [5, 5.41) is 9.10. The van der Waals surface area contributed by atoms with E-state index in [0.29, 0.717) is 12.8 Å². The van der Waals surface area contributed by atoms with Crippen molar-refractivity contribution in [3.05, 3.63) is 35.9 Å². The van der Waals surface area contributed by atoms with E-state index in [1.807, 2.05) is 30.3 Å². The van der Waals surface area contributed by atoms with Crippen molar-refractivity contribution in [3.63, 3.8) is 0 Å². The first-order valence-corrected chi connectivity index (χ1v) is 4.68. The van der Waals surface area contributed by atoms with E-state index in [9.17, 15) is 4.79 Å². The number of aliphatic hydroxyl groups excluding tert-OH is 1. The Labute approximate surface area is 82.3 Å². The third-order valence-corrected chi connectivity index (χ3v) is 2.40. The summed E-state index contributed by atoms with van der Waals surface area (Å²) in [6.45, 7) is 0. The molecule has 3 heteroatoms. The van der Waals surface area contributed by atoms with Crippen LogP contribution in [0.1, 0.15) is 12.0 Å². The highest BCUT2D eigenvalue weighted by Crippen LogP contribution is 2.23. The Kier molecular flexibility index (Phi) is 2.50. The summed E-state index contributed by atoms with van der Waals surface area (Å²) in [5.74, 6) is -0.478. The maximum absolute atomic E-state index is 11.2. The highest BCUT2D eigenvalue weighted by Gasteiger charge is 2.32. The Hall–Kier alpha value is -1.35. The summed E-state index contributed by atoms with van der Waals surface area (Å²) in [6, 6.07) is 9.75. The van der Waals surface area contributed by atoms with Gasteiger partial charge in [-0.2, -0.15) is 0 Å². The molecule has 1 N–H and O–H groups in total. The quantitative estimate of drug-likeness (QED) is 0.714. The summed E-state index contributed by atoms with van der Waals surface area (Å²) >= 11 is 0. The Balaban J connectivity index is 2.02. The van der Waals surface area contributed by atoms with E-state index in [1.54, 1.807) is 0 Å². The summed E-state index contributed by atoms with van der Waals surface area (Å²) < 4.78 is 4.66. The van der Waals surface area contributed by atoms with Gasteiger partial charge >= 0.3 is 5.97 Å². The van der Waals surface area contributed by atoms with Gasteiger partial charge in [-0.15, -0.1) is 0 Å². The van der Waals surface area contributed by atoms with Crippen LogP contribution in [0, 0.1) is 5.92 Å². The van der Waals surface area contributed by atoms with Gasteiger partial charge < -0.3 is 9.84 Å². The van der Waals surface area contributed by atoms with Crippen LogP contribution in [0.3, 0.4) is 0 Å². The number of benzene rings is 1. The van der Waals surface area contributed by atoms with Gasteiger partial charge in [-0.05, 0) is 12.0 Å². The molecule has 1 aromatic carbocycles. The topological polar surface area (TPSA) is 46.5 Å². The Morgan fingerprint density at radius 3 is 2.64 bits per heavy atom. The van der Waals surface area contributed by atoms with Crippen molar-refractivity contribution < 1.29 is 14.6 Å². The van der Waals surface area contributed by atoms with Crippen LogP contribution in [0.15, 0.2) is 30.3 Å². The van der Waals surface area contributed by atoms with E-state index in [1.165, 1.54) is 0 Å². The normalized spacial score (nSPS) is 26.2. The summed E-state index contributed by atoms with van der Waals surface area (Å²) in [5.41, 5.74) is 1.10. The average Bonchev–Trinajstić information content (AvgIpc) is 2.47. The first-order chi connectivity index (χ1) is 6.75. The van der Waals surface area contributed by atoms with Crippen LogP contribution in [-0.4, -0.2) is 17.4 Å². The van der Waals surface area contributed by atoms with Gasteiger partial charge in [0.25, 0.3) is 0 Å². The summed E-state index contributed by atoms with van der Waals surface area (Å²) in [6.07, 6.45) is 0.154. The molecule has 0 aromatic heterocycles. The maximum Gasteiger partial charge on any atom is 0.311 e. The zero-order chi connectivity index (χ0) is 9.97. The van der Waals surface area contributed by atoms with Crippen LogP contribution in [-0.2, 0) is 16.0 Å². The molecule has 2 unspecified atom stereocenters. The van der Waals surface area contributed by atoms with Crippen LogP contribution < -0.4 is 0 Å². The number of hydrogen-bond donors (Lipinski definition) is 1. The van der Waals surface area contributed by atoms with Gasteiger partial charge in [0, 0.05) is 6.42 Å². The predicted octanol–water partition coefficient (Wildman–Crippen LogP) is 1.11. The van der Waals surface area contributed by atoms with E-state index < -0.39 is 6.29 Å². The van der Waals surface area contributed by atoms with Crippen molar-refractivity contribution in [1.82, 2.24) is 0 Å². The van der Waals surface area contributed by atoms with Crippen LogP contribution in [0.5, 0.6) is 0 Å². The van der Waals surface area contributed by atoms with Crippen molar-refractivity contribution in [2.24, 2.45) is 5.92 Å². The van der Waals surface area contributed by atoms with E-state index in [-0.39, 0.29) is 11.9 Å². The molecule has 0 spiro atoms. The highest BCUT2D eigenvalue weighted by molar-refractivity contribution is 5.74. The van der Waals surface area contributed by atoms with E-state index in [2.05, 4.69) is 4.74 Å². The van der Waals surface area contributed by atoms with Gasteiger partial charge in [-0.1, -0.05) is 30.3 Å². The number of hydrogen-bond acceptors (Lipinski definition) is 3. The highest BCUT2D eigenvalue weighted by atomic mass is 16.6. The molecule has 1 fully saturated rings. The monoisotopic (exact) mass is 192 g/mol. The molecule has 0 radical (unpaired) electrons. The second kappa shape index (κ2) is 3.80. The largest absolute Gasteiger partial charge is 0.436 e. The number of cyclic esters (lactones) is 1. The molecule has 0 amide bonds. The van der Waals surface area contributed by atoms with Crippen molar-refractivity contribution in [2.75, 3.05) is 0 Å². The molecule has 2 rings (SSSR count). The van der Waals surface area contributed by atoms with E-state index in [0.717, 1.165) is 5.56 Å². The number of aliphatic hydroxyl groups is 1. The lowest BCUT2D eigenvalue weighted by atomic mass is 9.98. The van der Waals surface area contributed by atoms with E-state index in [4.69, 9.17) is 5.11 Å². The zero-order valence-corrected chi connectivity index (χ0v) is 7.72. The molecule has 1 aliphatic heterocycles. The molecule has 2 atom stereocenters. The molecular formula is C11H12O3. The molecule has 0 saturated carbocycles. The van der Waals surface area contributed by atoms with E-state index >= 15 is 0 Å². The SMILES string of the molecule is O=C1OC(O)CC1Cc1ccccc1. The fourth-order valence-electron chi connectivity index (χ4n) is 1.68. The number of esters is 1. The number of carbonyl (C=O) groups excluding carboxylic acids is 1. The Bertz CT molecular complexity index is 321. The fraction of sp³-hybridized carbons (Fsp3) is 0.364. The second-order valence-corrected chi connectivity index (χ2v) is 3.51. The minimum absolute atomic E-state index is 0.188. The van der Waals surface area contributed by atoms with Gasteiger partial charge in [0.2, 0.25) is 6.29 Å². The first kappa shape index (κ1) is 9.21. The molecule has 1 saturated heterocycles. The van der Waals surface area contributed by atoms with Gasteiger partial charge in [0.1, 0.15) is 0 Å². The number of rotatable bonds is 2. The molecule has 14 heavy (non-hydrogen) atoms. The first-order valence-electron chi connectivity index (χ1n) is 4.68. The van der Waals surface area contributed by atoms with Gasteiger partial charge in [0.05, 0.1) is 5.92 Å². The second-order valence-electron chi connectivity index (χ2n) is 3.51. The molecule has 1 aliphatic rings. The lowest BCUT2D eigenvalue weighted by molar-refractivity contribution is -0.155. The zero-order valence-electron chi connectivity index (χ0n) is 7.72. The van der Waals surface area contributed by atoms with Crippen molar-refractivity contribution >= 4 is 5.97 Å². The van der Waals surface area contributed by atoms with Crippen molar-refractivity contribution in [1.29, 1.82) is 0 Å². The lowest BCUT2D eigenvalue weighted by Gasteiger charge is -2.03. The molecular weight excluding hydrogens is 180 g/mol. The Morgan fingerprint density at radius 2 is 2.07 bits per heavy atom. The number of carbonyl (C=O) groups is 1. The number of ether oxygens (including phenoxy) is 1. The minimum Gasteiger partial charge on any atom is -0.436 e. The fourth-order valence-corrected chi connectivity index (χ4v) is 1.68.